The van der Waals surface area contributed by atoms with Crippen molar-refractivity contribution in [2.24, 2.45) is 5.10 Å². The van der Waals surface area contributed by atoms with Gasteiger partial charge in [0.15, 0.2) is 0 Å². The monoisotopic (exact) mass is 345 g/mol. The second-order valence-corrected chi connectivity index (χ2v) is 7.45. The molecule has 128 valence electrons. The molecule has 2 fully saturated rings. The van der Waals surface area contributed by atoms with Gasteiger partial charge in [0.05, 0.1) is 12.5 Å². The molecule has 0 saturated carbocycles. The van der Waals surface area contributed by atoms with Crippen LogP contribution in [0.5, 0.6) is 0 Å². The van der Waals surface area contributed by atoms with E-state index in [0.29, 0.717) is 6.67 Å². The van der Waals surface area contributed by atoms with Crippen LogP contribution in [-0.4, -0.2) is 77.1 Å². The number of carbonyl (C=O) groups excluding carboxylic acids is 1. The summed E-state index contributed by atoms with van der Waals surface area (Å²) in [6.07, 6.45) is 0. The third kappa shape index (κ3) is 2.98. The normalized spacial score (nSPS) is 25.0. The van der Waals surface area contributed by atoms with Crippen LogP contribution in [0.15, 0.2) is 35.4 Å². The summed E-state index contributed by atoms with van der Waals surface area (Å²) in [6.45, 7) is 6.49. The molecule has 1 aromatic carbocycles. The number of rotatable bonds is 3. The summed E-state index contributed by atoms with van der Waals surface area (Å²) >= 11 is 1.81. The number of amidine groups is 1. The summed E-state index contributed by atoms with van der Waals surface area (Å²) < 4.78 is 0. The molecule has 1 amide bonds. The van der Waals surface area contributed by atoms with Crippen molar-refractivity contribution < 1.29 is 4.79 Å². The maximum Gasteiger partial charge on any atom is 0.267 e. The van der Waals surface area contributed by atoms with Crippen LogP contribution in [0, 0.1) is 0 Å². The number of hydrogen-bond donors (Lipinski definition) is 0. The Kier molecular flexibility index (Phi) is 4.37. The zero-order valence-corrected chi connectivity index (χ0v) is 14.8. The first-order valence-electron chi connectivity index (χ1n) is 8.46. The lowest BCUT2D eigenvalue weighted by Crippen LogP contribution is -2.56. The minimum Gasteiger partial charge on any atom is -0.369 e. The van der Waals surface area contributed by atoms with Crippen LogP contribution < -0.4 is 4.90 Å². The van der Waals surface area contributed by atoms with Gasteiger partial charge >= 0.3 is 0 Å². The Hall–Kier alpha value is -1.73. The van der Waals surface area contributed by atoms with Crippen LogP contribution in [0.3, 0.4) is 0 Å². The van der Waals surface area contributed by atoms with Crippen molar-refractivity contribution in [3.8, 4) is 0 Å². The molecule has 4 rings (SSSR count). The molecule has 0 aliphatic carbocycles. The molecule has 0 bridgehead atoms. The average molecular weight is 345 g/mol. The minimum atomic E-state index is -0.0156. The van der Waals surface area contributed by atoms with Crippen molar-refractivity contribution in [1.82, 2.24) is 14.8 Å². The number of benzene rings is 1. The molecular formula is C17H23N5OS. The quantitative estimate of drug-likeness (QED) is 0.826. The SMILES string of the molecule is CC1=NN(CN2CCN(c3ccccc3)CC2)C(=O)C2CSCN12. The van der Waals surface area contributed by atoms with Crippen molar-refractivity contribution in [2.45, 2.75) is 13.0 Å². The third-order valence-electron chi connectivity index (χ3n) is 4.93. The van der Waals surface area contributed by atoms with Gasteiger partial charge in [0, 0.05) is 37.6 Å². The first-order chi connectivity index (χ1) is 11.7. The Labute approximate surface area is 147 Å². The first-order valence-corrected chi connectivity index (χ1v) is 9.61. The molecule has 3 aliphatic heterocycles. The van der Waals surface area contributed by atoms with E-state index in [0.717, 1.165) is 43.6 Å². The van der Waals surface area contributed by atoms with Crippen LogP contribution in [0.4, 0.5) is 5.69 Å². The number of fused-ring (bicyclic) bond motifs is 1. The third-order valence-corrected chi connectivity index (χ3v) is 5.94. The van der Waals surface area contributed by atoms with Crippen molar-refractivity contribution in [3.05, 3.63) is 30.3 Å². The fourth-order valence-electron chi connectivity index (χ4n) is 3.50. The summed E-state index contributed by atoms with van der Waals surface area (Å²) in [5.74, 6) is 2.88. The number of carbonyl (C=O) groups is 1. The van der Waals surface area contributed by atoms with Crippen LogP contribution in [0.1, 0.15) is 6.92 Å². The molecule has 0 radical (unpaired) electrons. The Bertz CT molecular complexity index is 629. The van der Waals surface area contributed by atoms with Crippen LogP contribution in [0.2, 0.25) is 0 Å². The zero-order valence-electron chi connectivity index (χ0n) is 14.0. The number of piperazine rings is 1. The molecule has 24 heavy (non-hydrogen) atoms. The van der Waals surface area contributed by atoms with Crippen molar-refractivity contribution in [3.63, 3.8) is 0 Å². The second-order valence-electron chi connectivity index (χ2n) is 6.45. The number of hydrazone groups is 1. The van der Waals surface area contributed by atoms with Crippen LogP contribution in [0.25, 0.3) is 0 Å². The summed E-state index contributed by atoms with van der Waals surface area (Å²) in [7, 11) is 0. The van der Waals surface area contributed by atoms with E-state index in [1.165, 1.54) is 5.69 Å². The second kappa shape index (κ2) is 6.64. The molecule has 2 saturated heterocycles. The maximum atomic E-state index is 12.6. The lowest BCUT2D eigenvalue weighted by atomic mass is 10.2. The Morgan fingerprint density at radius 1 is 1.17 bits per heavy atom. The summed E-state index contributed by atoms with van der Waals surface area (Å²) in [5, 5.41) is 6.22. The molecular weight excluding hydrogens is 322 g/mol. The van der Waals surface area contributed by atoms with Gasteiger partial charge in [0.2, 0.25) is 0 Å². The van der Waals surface area contributed by atoms with E-state index in [4.69, 9.17) is 0 Å². The number of para-hydroxylation sites is 1. The van der Waals surface area contributed by atoms with E-state index < -0.39 is 0 Å². The summed E-state index contributed by atoms with van der Waals surface area (Å²) in [4.78, 5) is 19.5. The molecule has 7 heteroatoms. The van der Waals surface area contributed by atoms with E-state index in [-0.39, 0.29) is 11.9 Å². The fourth-order valence-corrected chi connectivity index (χ4v) is 4.71. The molecule has 1 atom stereocenters. The molecule has 3 aliphatic rings. The lowest BCUT2D eigenvalue weighted by molar-refractivity contribution is -0.138. The maximum absolute atomic E-state index is 12.6. The van der Waals surface area contributed by atoms with E-state index in [1.54, 1.807) is 5.01 Å². The molecule has 0 spiro atoms. The Balaban J connectivity index is 1.36. The smallest absolute Gasteiger partial charge is 0.267 e. The summed E-state index contributed by atoms with van der Waals surface area (Å²) in [6, 6.07) is 10.5. The van der Waals surface area contributed by atoms with Gasteiger partial charge in [0.1, 0.15) is 11.9 Å². The van der Waals surface area contributed by atoms with Gasteiger partial charge in [-0.1, -0.05) is 18.2 Å². The van der Waals surface area contributed by atoms with Gasteiger partial charge in [-0.25, -0.2) is 5.01 Å². The highest BCUT2D eigenvalue weighted by molar-refractivity contribution is 7.99. The highest BCUT2D eigenvalue weighted by atomic mass is 32.2. The molecule has 0 N–H and O–H groups in total. The van der Waals surface area contributed by atoms with Gasteiger partial charge in [-0.2, -0.15) is 5.10 Å². The topological polar surface area (TPSA) is 42.4 Å². The molecule has 0 aromatic heterocycles. The molecule has 1 aromatic rings. The highest BCUT2D eigenvalue weighted by Crippen LogP contribution is 2.26. The number of anilines is 1. The van der Waals surface area contributed by atoms with E-state index in [9.17, 15) is 4.79 Å². The highest BCUT2D eigenvalue weighted by Gasteiger charge is 2.39. The number of thioether (sulfide) groups is 1. The molecule has 1 unspecified atom stereocenters. The average Bonchev–Trinajstić information content (AvgIpc) is 3.11. The predicted molar refractivity (Wildman–Crippen MR) is 98.0 cm³/mol. The fraction of sp³-hybridized carbons (Fsp3) is 0.529. The van der Waals surface area contributed by atoms with Crippen LogP contribution in [-0.2, 0) is 4.79 Å². The van der Waals surface area contributed by atoms with Gasteiger partial charge in [-0.15, -0.1) is 11.8 Å². The van der Waals surface area contributed by atoms with Gasteiger partial charge < -0.3 is 9.80 Å². The van der Waals surface area contributed by atoms with Gasteiger partial charge in [-0.05, 0) is 19.1 Å². The Morgan fingerprint density at radius 3 is 2.67 bits per heavy atom. The lowest BCUT2D eigenvalue weighted by Gasteiger charge is -2.40. The largest absolute Gasteiger partial charge is 0.369 e. The van der Waals surface area contributed by atoms with Crippen molar-refractivity contribution >= 4 is 29.2 Å². The van der Waals surface area contributed by atoms with Gasteiger partial charge in [0.25, 0.3) is 5.91 Å². The minimum absolute atomic E-state index is 0.0156. The first kappa shape index (κ1) is 15.8. The Morgan fingerprint density at radius 2 is 1.92 bits per heavy atom. The number of nitrogens with zero attached hydrogens (tertiary/aromatic N) is 5. The van der Waals surface area contributed by atoms with E-state index >= 15 is 0 Å². The van der Waals surface area contributed by atoms with Crippen molar-refractivity contribution in [1.29, 1.82) is 0 Å². The standard InChI is InChI=1S/C17H23N5OS/c1-14-18-22(17(23)16-11-24-13-21(14)16)12-19-7-9-20(10-8-19)15-5-3-2-4-6-15/h2-6,16H,7-13H2,1H3. The summed E-state index contributed by atoms with van der Waals surface area (Å²) in [5.41, 5.74) is 1.28. The van der Waals surface area contributed by atoms with Gasteiger partial charge in [-0.3, -0.25) is 9.69 Å². The zero-order chi connectivity index (χ0) is 16.5. The van der Waals surface area contributed by atoms with E-state index in [1.807, 2.05) is 24.8 Å². The molecule has 6 nitrogen and oxygen atoms in total. The van der Waals surface area contributed by atoms with E-state index in [2.05, 4.69) is 44.1 Å². The van der Waals surface area contributed by atoms with Crippen LogP contribution >= 0.6 is 11.8 Å². The number of amides is 1. The van der Waals surface area contributed by atoms with Crippen molar-refractivity contribution in [2.75, 3.05) is 49.4 Å². The number of hydrogen-bond acceptors (Lipinski definition) is 6. The molecule has 3 heterocycles. The predicted octanol–water partition coefficient (Wildman–Crippen LogP) is 1.32.